The molecule has 2 heterocycles. The molecule has 1 atom stereocenters. The normalized spacial score (nSPS) is 19.8. The summed E-state index contributed by atoms with van der Waals surface area (Å²) in [5.41, 5.74) is 6.90. The molecule has 0 saturated carbocycles. The minimum absolute atomic E-state index is 0.429. The van der Waals surface area contributed by atoms with E-state index < -0.39 is 0 Å². The Morgan fingerprint density at radius 1 is 1.62 bits per heavy atom. The van der Waals surface area contributed by atoms with Crippen molar-refractivity contribution >= 4 is 5.95 Å². The number of aromatic nitrogens is 2. The lowest BCUT2D eigenvalue weighted by Gasteiger charge is -2.16. The molecule has 5 nitrogen and oxygen atoms in total. The van der Waals surface area contributed by atoms with Gasteiger partial charge in [0, 0.05) is 18.8 Å². The third kappa shape index (κ3) is 2.12. The van der Waals surface area contributed by atoms with Gasteiger partial charge >= 0.3 is 0 Å². The van der Waals surface area contributed by atoms with Gasteiger partial charge in [0.05, 0.1) is 0 Å². The smallest absolute Gasteiger partial charge is 0.226 e. The monoisotopic (exact) mass is 217 g/mol. The Labute approximate surface area is 94.9 Å². The Hall–Kier alpha value is -1.67. The van der Waals surface area contributed by atoms with E-state index in [2.05, 4.69) is 20.9 Å². The van der Waals surface area contributed by atoms with Crippen molar-refractivity contribution < 1.29 is 0 Å². The molecule has 1 saturated heterocycles. The van der Waals surface area contributed by atoms with Crippen LogP contribution in [0.2, 0.25) is 0 Å². The highest BCUT2D eigenvalue weighted by Crippen LogP contribution is 2.20. The molecule has 2 rings (SSSR count). The van der Waals surface area contributed by atoms with E-state index in [9.17, 15) is 0 Å². The topological polar surface area (TPSA) is 78.8 Å². The van der Waals surface area contributed by atoms with Crippen molar-refractivity contribution in [2.45, 2.75) is 13.3 Å². The van der Waals surface area contributed by atoms with E-state index in [1.54, 1.807) is 6.07 Å². The molecule has 0 radical (unpaired) electrons. The number of rotatable bonds is 2. The van der Waals surface area contributed by atoms with E-state index in [4.69, 9.17) is 11.0 Å². The van der Waals surface area contributed by atoms with Gasteiger partial charge in [-0.2, -0.15) is 5.26 Å². The minimum Gasteiger partial charge on any atom is -0.340 e. The number of nitriles is 1. The second-order valence-electron chi connectivity index (χ2n) is 4.14. The van der Waals surface area contributed by atoms with Crippen LogP contribution < -0.4 is 10.6 Å². The van der Waals surface area contributed by atoms with Gasteiger partial charge in [0.1, 0.15) is 11.8 Å². The van der Waals surface area contributed by atoms with E-state index in [1.165, 1.54) is 0 Å². The number of anilines is 1. The maximum atomic E-state index is 8.85. The summed E-state index contributed by atoms with van der Waals surface area (Å²) in [6, 6.07) is 3.75. The van der Waals surface area contributed by atoms with Crippen molar-refractivity contribution in [1.82, 2.24) is 9.97 Å². The van der Waals surface area contributed by atoms with Gasteiger partial charge in [-0.3, -0.25) is 0 Å². The van der Waals surface area contributed by atoms with Crippen molar-refractivity contribution in [3.63, 3.8) is 0 Å². The molecule has 0 aliphatic carbocycles. The third-order valence-corrected chi connectivity index (χ3v) is 2.86. The maximum absolute atomic E-state index is 8.85. The van der Waals surface area contributed by atoms with Crippen molar-refractivity contribution in [3.05, 3.63) is 17.5 Å². The van der Waals surface area contributed by atoms with Crippen molar-refractivity contribution in [1.29, 1.82) is 5.26 Å². The van der Waals surface area contributed by atoms with Gasteiger partial charge in [-0.25, -0.2) is 9.97 Å². The predicted molar refractivity (Wildman–Crippen MR) is 60.9 cm³/mol. The Morgan fingerprint density at radius 2 is 2.44 bits per heavy atom. The summed E-state index contributed by atoms with van der Waals surface area (Å²) >= 11 is 0. The summed E-state index contributed by atoms with van der Waals surface area (Å²) in [5, 5.41) is 8.85. The number of aryl methyl sites for hydroxylation is 1. The standard InChI is InChI=1S/C11H15N5/c1-8-4-10(6-13)15-11(14-8)16-3-2-9(5-12)7-16/h4,9H,2-3,5,7,12H2,1H3. The third-order valence-electron chi connectivity index (χ3n) is 2.86. The lowest BCUT2D eigenvalue weighted by Crippen LogP contribution is -2.24. The number of nitrogens with two attached hydrogens (primary N) is 1. The van der Waals surface area contributed by atoms with Crippen LogP contribution in [0.25, 0.3) is 0 Å². The summed E-state index contributed by atoms with van der Waals surface area (Å²) in [6.07, 6.45) is 1.08. The first-order valence-corrected chi connectivity index (χ1v) is 5.43. The van der Waals surface area contributed by atoms with Crippen LogP contribution in [0.3, 0.4) is 0 Å². The molecule has 0 spiro atoms. The van der Waals surface area contributed by atoms with Gasteiger partial charge in [-0.05, 0) is 31.9 Å². The zero-order valence-electron chi connectivity index (χ0n) is 9.35. The zero-order valence-corrected chi connectivity index (χ0v) is 9.35. The molecule has 1 aliphatic rings. The average molecular weight is 217 g/mol. The first-order chi connectivity index (χ1) is 7.72. The molecule has 0 bridgehead atoms. The van der Waals surface area contributed by atoms with Gasteiger partial charge in [0.25, 0.3) is 0 Å². The molecule has 1 aromatic heterocycles. The summed E-state index contributed by atoms with van der Waals surface area (Å²) < 4.78 is 0. The van der Waals surface area contributed by atoms with Gasteiger partial charge in [0.2, 0.25) is 5.95 Å². The van der Waals surface area contributed by atoms with Crippen LogP contribution in [0, 0.1) is 24.2 Å². The highest BCUT2D eigenvalue weighted by molar-refractivity contribution is 5.37. The molecule has 5 heteroatoms. The molecule has 1 unspecified atom stereocenters. The molecule has 16 heavy (non-hydrogen) atoms. The van der Waals surface area contributed by atoms with Crippen LogP contribution in [0.5, 0.6) is 0 Å². The Kier molecular flexibility index (Phi) is 3.02. The molecule has 1 aromatic rings. The van der Waals surface area contributed by atoms with Crippen LogP contribution in [0.4, 0.5) is 5.95 Å². The van der Waals surface area contributed by atoms with E-state index in [0.29, 0.717) is 24.1 Å². The fourth-order valence-electron chi connectivity index (χ4n) is 1.96. The minimum atomic E-state index is 0.429. The molecule has 84 valence electrons. The first-order valence-electron chi connectivity index (χ1n) is 5.43. The second kappa shape index (κ2) is 4.45. The molecule has 1 fully saturated rings. The summed E-state index contributed by atoms with van der Waals surface area (Å²) in [7, 11) is 0. The van der Waals surface area contributed by atoms with Gasteiger partial charge in [-0.1, -0.05) is 0 Å². The quantitative estimate of drug-likeness (QED) is 0.777. The fraction of sp³-hybridized carbons (Fsp3) is 0.545. The molecule has 1 aliphatic heterocycles. The maximum Gasteiger partial charge on any atom is 0.226 e. The summed E-state index contributed by atoms with van der Waals surface area (Å²) in [6.45, 7) is 4.40. The second-order valence-corrected chi connectivity index (χ2v) is 4.14. The van der Waals surface area contributed by atoms with E-state index in [1.807, 2.05) is 6.92 Å². The fourth-order valence-corrected chi connectivity index (χ4v) is 1.96. The van der Waals surface area contributed by atoms with E-state index in [-0.39, 0.29) is 0 Å². The Morgan fingerprint density at radius 3 is 3.06 bits per heavy atom. The van der Waals surface area contributed by atoms with Crippen LogP contribution in [0.1, 0.15) is 17.8 Å². The van der Waals surface area contributed by atoms with Crippen LogP contribution in [-0.4, -0.2) is 29.6 Å². The SMILES string of the molecule is Cc1cc(C#N)nc(N2CCC(CN)C2)n1. The number of hydrogen-bond donors (Lipinski definition) is 1. The molecule has 2 N–H and O–H groups in total. The number of nitrogens with zero attached hydrogens (tertiary/aromatic N) is 4. The predicted octanol–water partition coefficient (Wildman–Crippen LogP) is 0.442. The molecular formula is C11H15N5. The van der Waals surface area contributed by atoms with Gasteiger partial charge < -0.3 is 10.6 Å². The number of hydrogen-bond acceptors (Lipinski definition) is 5. The van der Waals surface area contributed by atoms with E-state index in [0.717, 1.165) is 25.2 Å². The van der Waals surface area contributed by atoms with Crippen LogP contribution in [-0.2, 0) is 0 Å². The Balaban J connectivity index is 2.21. The van der Waals surface area contributed by atoms with Crippen LogP contribution in [0.15, 0.2) is 6.07 Å². The first kappa shape index (κ1) is 10.8. The largest absolute Gasteiger partial charge is 0.340 e. The van der Waals surface area contributed by atoms with E-state index >= 15 is 0 Å². The highest BCUT2D eigenvalue weighted by Gasteiger charge is 2.23. The van der Waals surface area contributed by atoms with Crippen molar-refractivity contribution in [2.24, 2.45) is 11.7 Å². The summed E-state index contributed by atoms with van der Waals surface area (Å²) in [5.74, 6) is 1.18. The highest BCUT2D eigenvalue weighted by atomic mass is 15.3. The van der Waals surface area contributed by atoms with Gasteiger partial charge in [0.15, 0.2) is 0 Å². The molecule has 0 aromatic carbocycles. The van der Waals surface area contributed by atoms with Crippen molar-refractivity contribution in [2.75, 3.05) is 24.5 Å². The molecular weight excluding hydrogens is 202 g/mol. The van der Waals surface area contributed by atoms with Gasteiger partial charge in [-0.15, -0.1) is 0 Å². The van der Waals surface area contributed by atoms with Crippen molar-refractivity contribution in [3.8, 4) is 6.07 Å². The Bertz CT molecular complexity index is 423. The summed E-state index contributed by atoms with van der Waals surface area (Å²) in [4.78, 5) is 10.7. The van der Waals surface area contributed by atoms with Crippen LogP contribution >= 0.6 is 0 Å². The average Bonchev–Trinajstić information content (AvgIpc) is 2.76. The lowest BCUT2D eigenvalue weighted by atomic mass is 10.1. The zero-order chi connectivity index (χ0) is 11.5. The lowest BCUT2D eigenvalue weighted by molar-refractivity contribution is 0.601. The molecule has 0 amide bonds.